The van der Waals surface area contributed by atoms with Crippen molar-refractivity contribution in [3.05, 3.63) is 29.8 Å². The van der Waals surface area contributed by atoms with Gasteiger partial charge in [-0.15, -0.1) is 9.98 Å². The molecular weight excluding hydrogens is 821 g/mol. The van der Waals surface area contributed by atoms with Crippen molar-refractivity contribution in [2.75, 3.05) is 40.4 Å². The SMILES string of the molecule is COCO[C@H]1CCN2/C(=N\C(=O)OC(C)(C)C)N(C(=O)OC(C)(C)C)[C@@H](COCc3ccc(OC)cc3)[C@@H]3N(S(C)(=O)=O)/C(=N\C(=O)OC(C)(C)C)N(C(=O)OC(C)(C)C)[C@@]132. The van der Waals surface area contributed by atoms with Crippen LogP contribution in [0.3, 0.4) is 0 Å². The minimum Gasteiger partial charge on any atom is -0.497 e. The smallest absolute Gasteiger partial charge is 0.437 e. The van der Waals surface area contributed by atoms with Crippen molar-refractivity contribution in [3.8, 4) is 5.75 Å². The van der Waals surface area contributed by atoms with E-state index < -0.39 is 99.2 Å². The van der Waals surface area contributed by atoms with Gasteiger partial charge in [-0.05, 0) is 107 Å². The van der Waals surface area contributed by atoms with Gasteiger partial charge in [0.25, 0.3) is 0 Å². The highest BCUT2D eigenvalue weighted by Gasteiger charge is 2.77. The van der Waals surface area contributed by atoms with E-state index in [9.17, 15) is 27.6 Å². The van der Waals surface area contributed by atoms with Crippen LogP contribution in [-0.4, -0.2) is 150 Å². The fourth-order valence-corrected chi connectivity index (χ4v) is 8.27. The second-order valence-electron chi connectivity index (χ2n) is 18.7. The van der Waals surface area contributed by atoms with Crippen molar-refractivity contribution in [3.63, 3.8) is 0 Å². The lowest BCUT2D eigenvalue weighted by molar-refractivity contribution is -0.148. The lowest BCUT2D eigenvalue weighted by atomic mass is 9.86. The van der Waals surface area contributed by atoms with Crippen molar-refractivity contribution in [1.82, 2.24) is 19.0 Å². The Hall–Kier alpha value is -4.73. The Kier molecular flexibility index (Phi) is 14.4. The number of hydrogen-bond donors (Lipinski definition) is 0. The Balaban J connectivity index is 2.19. The molecule has 1 aromatic carbocycles. The van der Waals surface area contributed by atoms with Crippen molar-refractivity contribution in [1.29, 1.82) is 0 Å². The highest BCUT2D eigenvalue weighted by atomic mass is 32.2. The van der Waals surface area contributed by atoms with Gasteiger partial charge < -0.3 is 42.8 Å². The van der Waals surface area contributed by atoms with Gasteiger partial charge in [-0.3, -0.25) is 0 Å². The molecule has 20 nitrogen and oxygen atoms in total. The van der Waals surface area contributed by atoms with E-state index in [2.05, 4.69) is 9.98 Å². The van der Waals surface area contributed by atoms with Gasteiger partial charge >= 0.3 is 24.4 Å². The standard InChI is InChI=1S/C40H62N6O14S/c1-36(2,3)57-32(47)41-30-43-21-20-28(56-24-53-13)40(43)29(27(44(30)34(49)59-38(7,8)9)23-55-22-25-16-18-26(54-14)19-17-25)46(61(15,51)52)31(42-33(48)58-37(4,5)6)45(40)35(50)60-39(10,11)12/h16-19,27-29H,20-24H2,1-15H3/b41-30+,42-31-/t27-,28-,29-,40-/m0/s1. The number of nitrogens with zero attached hydrogens (tertiary/aromatic N) is 6. The molecule has 1 spiro atoms. The molecule has 0 saturated carbocycles. The number of aliphatic imine (C=N–C) groups is 2. The average molecular weight is 883 g/mol. The number of benzene rings is 1. The molecule has 3 saturated heterocycles. The lowest BCUT2D eigenvalue weighted by Gasteiger charge is -2.56. The van der Waals surface area contributed by atoms with E-state index in [0.29, 0.717) is 11.3 Å². The normalized spacial score (nSPS) is 23.5. The van der Waals surface area contributed by atoms with Gasteiger partial charge in [0.1, 0.15) is 47.1 Å². The number of rotatable bonds is 9. The summed E-state index contributed by atoms with van der Waals surface area (Å²) < 4.78 is 76.1. The summed E-state index contributed by atoms with van der Waals surface area (Å²) in [7, 11) is -1.73. The van der Waals surface area contributed by atoms with Gasteiger partial charge in [0.05, 0.1) is 32.6 Å². The van der Waals surface area contributed by atoms with Crippen LogP contribution < -0.4 is 4.74 Å². The number of guanidine groups is 2. The average Bonchev–Trinajstić information content (AvgIpc) is 3.59. The van der Waals surface area contributed by atoms with Crippen LogP contribution in [0.1, 0.15) is 95.1 Å². The molecule has 0 bridgehead atoms. The Morgan fingerprint density at radius 2 is 1.26 bits per heavy atom. The zero-order valence-electron chi connectivity index (χ0n) is 37.9. The molecule has 4 atom stereocenters. The molecule has 0 aromatic heterocycles. The fourth-order valence-electron chi connectivity index (χ4n) is 7.14. The van der Waals surface area contributed by atoms with Crippen LogP contribution in [0, 0.1) is 0 Å². The Bertz CT molecular complexity index is 1960. The number of carbonyl (C=O) groups excluding carboxylic acids is 4. The first-order chi connectivity index (χ1) is 27.9. The number of amides is 4. The minimum absolute atomic E-state index is 0.0192. The topological polar surface area (TPSA) is 214 Å². The number of ether oxygens (including phenoxy) is 8. The van der Waals surface area contributed by atoms with Gasteiger partial charge in [0.2, 0.25) is 21.9 Å². The number of sulfonamides is 1. The molecule has 0 N–H and O–H groups in total. The van der Waals surface area contributed by atoms with Crippen molar-refractivity contribution >= 4 is 46.3 Å². The predicted molar refractivity (Wildman–Crippen MR) is 221 cm³/mol. The van der Waals surface area contributed by atoms with Crippen molar-refractivity contribution in [2.45, 2.75) is 142 Å². The molecule has 0 aliphatic carbocycles. The van der Waals surface area contributed by atoms with Crippen LogP contribution in [0.25, 0.3) is 0 Å². The van der Waals surface area contributed by atoms with Crippen LogP contribution in [0.2, 0.25) is 0 Å². The Morgan fingerprint density at radius 3 is 1.74 bits per heavy atom. The summed E-state index contributed by atoms with van der Waals surface area (Å²) in [5.74, 6) is -0.548. The molecule has 3 fully saturated rings. The maximum atomic E-state index is 15.0. The van der Waals surface area contributed by atoms with Crippen molar-refractivity contribution < 1.29 is 65.5 Å². The Labute approximate surface area is 358 Å². The molecule has 61 heavy (non-hydrogen) atoms. The summed E-state index contributed by atoms with van der Waals surface area (Å²) in [6, 6.07) is 3.78. The van der Waals surface area contributed by atoms with Gasteiger partial charge in [0, 0.05) is 13.7 Å². The summed E-state index contributed by atoms with van der Waals surface area (Å²) >= 11 is 0. The largest absolute Gasteiger partial charge is 0.497 e. The highest BCUT2D eigenvalue weighted by Crippen LogP contribution is 2.52. The molecule has 3 heterocycles. The summed E-state index contributed by atoms with van der Waals surface area (Å²) in [5, 5.41) is 0. The molecule has 0 radical (unpaired) electrons. The van der Waals surface area contributed by atoms with Crippen LogP contribution in [0.5, 0.6) is 5.75 Å². The monoisotopic (exact) mass is 882 g/mol. The fraction of sp³-hybridized carbons (Fsp3) is 0.700. The lowest BCUT2D eigenvalue weighted by Crippen LogP contribution is -2.80. The third-order valence-corrected chi connectivity index (χ3v) is 10.0. The molecule has 3 aliphatic rings. The van der Waals surface area contributed by atoms with E-state index in [0.717, 1.165) is 20.4 Å². The van der Waals surface area contributed by atoms with Gasteiger partial charge in [-0.25, -0.2) is 41.7 Å². The number of methoxy groups -OCH3 is 2. The quantitative estimate of drug-likeness (QED) is 0.215. The van der Waals surface area contributed by atoms with E-state index in [-0.39, 0.29) is 26.4 Å². The minimum atomic E-state index is -4.62. The Morgan fingerprint density at radius 1 is 0.754 bits per heavy atom. The molecule has 1 aromatic rings. The number of carbonyl (C=O) groups is 4. The third-order valence-electron chi connectivity index (χ3n) is 8.91. The molecule has 4 amide bonds. The van der Waals surface area contributed by atoms with Crippen LogP contribution >= 0.6 is 0 Å². The maximum Gasteiger partial charge on any atom is 0.437 e. The van der Waals surface area contributed by atoms with E-state index in [4.69, 9.17) is 37.9 Å². The molecule has 3 aliphatic heterocycles. The van der Waals surface area contributed by atoms with Gasteiger partial charge in [-0.1, -0.05) is 12.1 Å². The molecule has 21 heteroatoms. The van der Waals surface area contributed by atoms with E-state index in [1.54, 1.807) is 107 Å². The van der Waals surface area contributed by atoms with Crippen molar-refractivity contribution in [2.24, 2.45) is 9.98 Å². The van der Waals surface area contributed by atoms with Gasteiger partial charge in [0.15, 0.2) is 5.66 Å². The first-order valence-corrected chi connectivity index (χ1v) is 21.6. The van der Waals surface area contributed by atoms with E-state index in [1.807, 2.05) is 0 Å². The summed E-state index contributed by atoms with van der Waals surface area (Å²) in [4.78, 5) is 69.1. The molecular formula is C40H62N6O14S. The molecule has 4 rings (SSSR count). The summed E-state index contributed by atoms with van der Waals surface area (Å²) in [6.45, 7) is 18.2. The number of hydrogen-bond acceptors (Lipinski definition) is 14. The first kappa shape index (κ1) is 48.9. The zero-order chi connectivity index (χ0) is 46.1. The van der Waals surface area contributed by atoms with Gasteiger partial charge in [-0.2, -0.15) is 0 Å². The second kappa shape index (κ2) is 17.9. The van der Waals surface area contributed by atoms with E-state index >= 15 is 0 Å². The van der Waals surface area contributed by atoms with Crippen LogP contribution in [-0.2, 0) is 49.8 Å². The predicted octanol–water partition coefficient (Wildman–Crippen LogP) is 5.69. The van der Waals surface area contributed by atoms with E-state index in [1.165, 1.54) is 19.1 Å². The maximum absolute atomic E-state index is 15.0. The third kappa shape index (κ3) is 11.6. The van der Waals surface area contributed by atoms with Crippen LogP contribution in [0.4, 0.5) is 19.2 Å². The molecule has 0 unspecified atom stereocenters. The second-order valence-corrected chi connectivity index (χ2v) is 20.5. The highest BCUT2D eigenvalue weighted by molar-refractivity contribution is 7.89. The summed E-state index contributed by atoms with van der Waals surface area (Å²) in [5.41, 5.74) is -5.96. The van der Waals surface area contributed by atoms with Crippen LogP contribution in [0.15, 0.2) is 34.3 Å². The molecule has 342 valence electrons. The first-order valence-electron chi connectivity index (χ1n) is 19.7. The summed E-state index contributed by atoms with van der Waals surface area (Å²) in [6.07, 6.45) is -4.95. The zero-order valence-corrected chi connectivity index (χ0v) is 38.7.